The van der Waals surface area contributed by atoms with E-state index in [4.69, 9.17) is 5.11 Å². The van der Waals surface area contributed by atoms with Crippen molar-refractivity contribution in [2.45, 2.75) is 26.0 Å². The first kappa shape index (κ1) is 13.8. The summed E-state index contributed by atoms with van der Waals surface area (Å²) in [5.74, 6) is -0.316. The first-order valence-electron chi connectivity index (χ1n) is 6.95. The predicted octanol–water partition coefficient (Wildman–Crippen LogP) is 2.80. The van der Waals surface area contributed by atoms with E-state index < -0.39 is 0 Å². The monoisotopic (exact) mass is 285 g/mol. The van der Waals surface area contributed by atoms with Gasteiger partial charge in [-0.2, -0.15) is 0 Å². The fraction of sp³-hybridized carbons (Fsp3) is 0.235. The molecule has 1 amide bonds. The van der Waals surface area contributed by atoms with Crippen LogP contribution in [0, 0.1) is 5.82 Å². The number of amides is 1. The number of halogens is 1. The molecule has 1 aliphatic rings. The van der Waals surface area contributed by atoms with E-state index in [1.165, 1.54) is 12.1 Å². The first-order valence-corrected chi connectivity index (χ1v) is 6.95. The molecule has 1 heterocycles. The summed E-state index contributed by atoms with van der Waals surface area (Å²) < 4.78 is 13.5. The number of aryl methyl sites for hydroxylation is 1. The van der Waals surface area contributed by atoms with Crippen LogP contribution in [0.2, 0.25) is 0 Å². The van der Waals surface area contributed by atoms with Crippen LogP contribution in [0.15, 0.2) is 42.5 Å². The van der Waals surface area contributed by atoms with Gasteiger partial charge < -0.3 is 10.0 Å². The molecule has 0 saturated carbocycles. The van der Waals surface area contributed by atoms with Crippen LogP contribution < -0.4 is 4.90 Å². The number of hydrogen-bond donors (Lipinski definition) is 1. The second kappa shape index (κ2) is 5.66. The van der Waals surface area contributed by atoms with E-state index in [-0.39, 0.29) is 18.3 Å². The van der Waals surface area contributed by atoms with Crippen LogP contribution in [0.5, 0.6) is 0 Å². The SMILES string of the molecule is O=C1CCc2ccc(F)cc2N1Cc1ccc(CO)cc1. The second-order valence-corrected chi connectivity index (χ2v) is 5.23. The highest BCUT2D eigenvalue weighted by atomic mass is 19.1. The summed E-state index contributed by atoms with van der Waals surface area (Å²) in [5.41, 5.74) is 3.45. The molecule has 0 aromatic heterocycles. The summed E-state index contributed by atoms with van der Waals surface area (Å²) >= 11 is 0. The lowest BCUT2D eigenvalue weighted by Crippen LogP contribution is -2.34. The van der Waals surface area contributed by atoms with Crippen molar-refractivity contribution in [3.8, 4) is 0 Å². The number of nitrogens with zero attached hydrogens (tertiary/aromatic N) is 1. The molecular formula is C17H16FNO2. The van der Waals surface area contributed by atoms with Crippen LogP contribution in [0.4, 0.5) is 10.1 Å². The van der Waals surface area contributed by atoms with Gasteiger partial charge in [0.05, 0.1) is 18.8 Å². The minimum Gasteiger partial charge on any atom is -0.392 e. The van der Waals surface area contributed by atoms with Crippen molar-refractivity contribution >= 4 is 11.6 Å². The van der Waals surface area contributed by atoms with Gasteiger partial charge in [0.15, 0.2) is 0 Å². The predicted molar refractivity (Wildman–Crippen MR) is 78.3 cm³/mol. The molecule has 0 spiro atoms. The molecule has 2 aromatic carbocycles. The Balaban J connectivity index is 1.90. The maximum atomic E-state index is 13.5. The van der Waals surface area contributed by atoms with Gasteiger partial charge in [-0.1, -0.05) is 30.3 Å². The summed E-state index contributed by atoms with van der Waals surface area (Å²) in [5, 5.41) is 9.05. The Morgan fingerprint density at radius 1 is 1.05 bits per heavy atom. The molecule has 3 rings (SSSR count). The molecule has 0 radical (unpaired) electrons. The third-order valence-electron chi connectivity index (χ3n) is 3.79. The van der Waals surface area contributed by atoms with Crippen LogP contribution in [0.25, 0.3) is 0 Å². The van der Waals surface area contributed by atoms with E-state index in [0.29, 0.717) is 25.1 Å². The normalized spacial score (nSPS) is 14.2. The molecule has 1 aliphatic heterocycles. The van der Waals surface area contributed by atoms with Gasteiger partial charge in [0.2, 0.25) is 5.91 Å². The zero-order valence-corrected chi connectivity index (χ0v) is 11.6. The van der Waals surface area contributed by atoms with Crippen molar-refractivity contribution in [3.05, 3.63) is 65.0 Å². The minimum atomic E-state index is -0.330. The molecule has 0 fully saturated rings. The quantitative estimate of drug-likeness (QED) is 0.942. The van der Waals surface area contributed by atoms with Gasteiger partial charge in [-0.3, -0.25) is 4.79 Å². The Hall–Kier alpha value is -2.20. The summed E-state index contributed by atoms with van der Waals surface area (Å²) in [6.45, 7) is 0.415. The number of carbonyl (C=O) groups is 1. The minimum absolute atomic E-state index is 0.00301. The second-order valence-electron chi connectivity index (χ2n) is 5.23. The Morgan fingerprint density at radius 3 is 2.48 bits per heavy atom. The average Bonchev–Trinajstić information content (AvgIpc) is 2.51. The fourth-order valence-corrected chi connectivity index (χ4v) is 2.62. The highest BCUT2D eigenvalue weighted by molar-refractivity contribution is 5.96. The lowest BCUT2D eigenvalue weighted by Gasteiger charge is -2.29. The Kier molecular flexibility index (Phi) is 3.71. The van der Waals surface area contributed by atoms with Gasteiger partial charge in [-0.15, -0.1) is 0 Å². The fourth-order valence-electron chi connectivity index (χ4n) is 2.62. The standard InChI is InChI=1S/C17H16FNO2/c18-15-7-5-14-6-8-17(21)19(16(14)9-15)10-12-1-3-13(11-20)4-2-12/h1-5,7,9,20H,6,8,10-11H2. The van der Waals surface area contributed by atoms with Crippen molar-refractivity contribution in [3.63, 3.8) is 0 Å². The molecule has 0 atom stereocenters. The van der Waals surface area contributed by atoms with Crippen LogP contribution in [0.1, 0.15) is 23.1 Å². The van der Waals surface area contributed by atoms with Crippen LogP contribution in [0.3, 0.4) is 0 Å². The molecule has 4 heteroatoms. The Bertz CT molecular complexity index is 667. The van der Waals surface area contributed by atoms with E-state index in [9.17, 15) is 9.18 Å². The average molecular weight is 285 g/mol. The maximum Gasteiger partial charge on any atom is 0.227 e. The van der Waals surface area contributed by atoms with Gasteiger partial charge in [0.25, 0.3) is 0 Å². The van der Waals surface area contributed by atoms with E-state index in [2.05, 4.69) is 0 Å². The number of carbonyl (C=O) groups excluding carboxylic acids is 1. The Morgan fingerprint density at radius 2 is 1.76 bits per heavy atom. The van der Waals surface area contributed by atoms with Gasteiger partial charge in [0, 0.05) is 6.42 Å². The van der Waals surface area contributed by atoms with Crippen LogP contribution >= 0.6 is 0 Å². The summed E-state index contributed by atoms with van der Waals surface area (Å²) in [6, 6.07) is 12.0. The maximum absolute atomic E-state index is 13.5. The van der Waals surface area contributed by atoms with Crippen molar-refractivity contribution in [2.24, 2.45) is 0 Å². The molecule has 108 valence electrons. The number of fused-ring (bicyclic) bond motifs is 1. The third kappa shape index (κ3) is 2.81. The molecule has 0 saturated heterocycles. The number of anilines is 1. The molecule has 0 unspecified atom stereocenters. The summed E-state index contributed by atoms with van der Waals surface area (Å²) in [6.07, 6.45) is 1.11. The van der Waals surface area contributed by atoms with Gasteiger partial charge in [-0.05, 0) is 35.2 Å². The smallest absolute Gasteiger partial charge is 0.227 e. The van der Waals surface area contributed by atoms with Gasteiger partial charge >= 0.3 is 0 Å². The summed E-state index contributed by atoms with van der Waals surface area (Å²) in [7, 11) is 0. The van der Waals surface area contributed by atoms with Crippen molar-refractivity contribution in [1.29, 1.82) is 0 Å². The zero-order valence-electron chi connectivity index (χ0n) is 11.6. The van der Waals surface area contributed by atoms with E-state index in [0.717, 1.165) is 16.7 Å². The lowest BCUT2D eigenvalue weighted by atomic mass is 10.00. The van der Waals surface area contributed by atoms with E-state index in [1.54, 1.807) is 11.0 Å². The molecular weight excluding hydrogens is 269 g/mol. The number of aliphatic hydroxyl groups is 1. The first-order chi connectivity index (χ1) is 10.2. The largest absolute Gasteiger partial charge is 0.392 e. The van der Waals surface area contributed by atoms with E-state index in [1.807, 2.05) is 24.3 Å². The number of benzene rings is 2. The molecule has 2 aromatic rings. The van der Waals surface area contributed by atoms with Crippen molar-refractivity contribution < 1.29 is 14.3 Å². The van der Waals surface area contributed by atoms with E-state index >= 15 is 0 Å². The third-order valence-corrected chi connectivity index (χ3v) is 3.79. The molecule has 3 nitrogen and oxygen atoms in total. The molecule has 1 N–H and O–H groups in total. The topological polar surface area (TPSA) is 40.5 Å². The number of aliphatic hydroxyl groups excluding tert-OH is 1. The van der Waals surface area contributed by atoms with Gasteiger partial charge in [0.1, 0.15) is 5.82 Å². The van der Waals surface area contributed by atoms with Crippen LogP contribution in [-0.2, 0) is 24.4 Å². The Labute approximate surface area is 122 Å². The number of hydrogen-bond acceptors (Lipinski definition) is 2. The zero-order chi connectivity index (χ0) is 14.8. The van der Waals surface area contributed by atoms with Gasteiger partial charge in [-0.25, -0.2) is 4.39 Å². The van der Waals surface area contributed by atoms with Crippen molar-refractivity contribution in [1.82, 2.24) is 0 Å². The van der Waals surface area contributed by atoms with Crippen molar-refractivity contribution in [2.75, 3.05) is 4.90 Å². The molecule has 21 heavy (non-hydrogen) atoms. The lowest BCUT2D eigenvalue weighted by molar-refractivity contribution is -0.119. The number of rotatable bonds is 3. The highest BCUT2D eigenvalue weighted by Gasteiger charge is 2.24. The molecule has 0 bridgehead atoms. The summed E-state index contributed by atoms with van der Waals surface area (Å²) in [4.78, 5) is 13.8. The molecule has 0 aliphatic carbocycles. The highest BCUT2D eigenvalue weighted by Crippen LogP contribution is 2.30. The van der Waals surface area contributed by atoms with Crippen LogP contribution in [-0.4, -0.2) is 11.0 Å².